The third-order valence-corrected chi connectivity index (χ3v) is 5.21. The number of anilines is 2. The summed E-state index contributed by atoms with van der Waals surface area (Å²) in [6.07, 6.45) is 2.16. The third kappa shape index (κ3) is 5.26. The van der Waals surface area contributed by atoms with E-state index in [1.807, 2.05) is 12.1 Å². The molecule has 0 aliphatic carbocycles. The molecule has 0 saturated carbocycles. The van der Waals surface area contributed by atoms with Crippen molar-refractivity contribution in [1.82, 2.24) is 4.90 Å². The SMILES string of the molecule is O=C(Nc1ccc(N2CCOCO2)cc1)[C@H]1C[C@@H](O)CN1C(=O)C=Cc1ccc(Cl)o1. The Bertz CT molecular complexity index is 954. The summed E-state index contributed by atoms with van der Waals surface area (Å²) in [7, 11) is 0. The first kappa shape index (κ1) is 21.4. The van der Waals surface area contributed by atoms with Gasteiger partial charge >= 0.3 is 0 Å². The number of carbonyl (C=O) groups is 2. The van der Waals surface area contributed by atoms with Crippen molar-refractivity contribution < 1.29 is 28.7 Å². The zero-order valence-electron chi connectivity index (χ0n) is 16.6. The van der Waals surface area contributed by atoms with Crippen LogP contribution in [0.4, 0.5) is 11.4 Å². The number of ether oxygens (including phenoxy) is 1. The highest BCUT2D eigenvalue weighted by Gasteiger charge is 2.38. The van der Waals surface area contributed by atoms with Gasteiger partial charge in [-0.05, 0) is 54.1 Å². The Labute approximate surface area is 183 Å². The van der Waals surface area contributed by atoms with Crippen molar-refractivity contribution in [1.29, 1.82) is 0 Å². The normalized spacial score (nSPS) is 21.6. The van der Waals surface area contributed by atoms with Crippen LogP contribution in [0.15, 0.2) is 46.9 Å². The fourth-order valence-corrected chi connectivity index (χ4v) is 3.64. The summed E-state index contributed by atoms with van der Waals surface area (Å²) in [5, 5.41) is 14.8. The second-order valence-corrected chi connectivity index (χ2v) is 7.54. The molecule has 2 fully saturated rings. The lowest BCUT2D eigenvalue weighted by molar-refractivity contribution is -0.132. The molecule has 0 radical (unpaired) electrons. The van der Waals surface area contributed by atoms with Gasteiger partial charge < -0.3 is 24.5 Å². The minimum atomic E-state index is -0.783. The van der Waals surface area contributed by atoms with E-state index in [1.54, 1.807) is 29.3 Å². The van der Waals surface area contributed by atoms with Crippen LogP contribution in [0, 0.1) is 0 Å². The van der Waals surface area contributed by atoms with Crippen molar-refractivity contribution in [3.05, 3.63) is 53.5 Å². The second kappa shape index (κ2) is 9.52. The summed E-state index contributed by atoms with van der Waals surface area (Å²) in [5.41, 5.74) is 1.43. The Morgan fingerprint density at radius 2 is 2.00 bits per heavy atom. The molecule has 2 saturated heterocycles. The zero-order valence-corrected chi connectivity index (χ0v) is 17.3. The highest BCUT2D eigenvalue weighted by atomic mass is 35.5. The van der Waals surface area contributed by atoms with Crippen LogP contribution in [-0.4, -0.2) is 60.5 Å². The van der Waals surface area contributed by atoms with Gasteiger partial charge in [-0.1, -0.05) is 0 Å². The molecule has 10 heteroatoms. The average Bonchev–Trinajstić information content (AvgIpc) is 3.38. The maximum atomic E-state index is 12.8. The Kier molecular flexibility index (Phi) is 6.57. The minimum absolute atomic E-state index is 0.0769. The molecule has 4 rings (SSSR count). The van der Waals surface area contributed by atoms with E-state index in [1.165, 1.54) is 17.1 Å². The molecule has 9 nitrogen and oxygen atoms in total. The quantitative estimate of drug-likeness (QED) is 0.677. The first-order valence-corrected chi connectivity index (χ1v) is 10.2. The Balaban J connectivity index is 1.39. The summed E-state index contributed by atoms with van der Waals surface area (Å²) >= 11 is 5.72. The maximum Gasteiger partial charge on any atom is 0.247 e. The van der Waals surface area contributed by atoms with Crippen molar-refractivity contribution in [3.63, 3.8) is 0 Å². The molecule has 0 unspecified atom stereocenters. The summed E-state index contributed by atoms with van der Waals surface area (Å²) in [4.78, 5) is 32.2. The van der Waals surface area contributed by atoms with Crippen molar-refractivity contribution in [2.24, 2.45) is 0 Å². The molecule has 164 valence electrons. The van der Waals surface area contributed by atoms with Crippen molar-refractivity contribution in [2.75, 3.05) is 36.9 Å². The lowest BCUT2D eigenvalue weighted by Crippen LogP contribution is -2.42. The monoisotopic (exact) mass is 447 g/mol. The van der Waals surface area contributed by atoms with Gasteiger partial charge in [0.25, 0.3) is 0 Å². The Hall–Kier alpha value is -2.85. The first-order valence-electron chi connectivity index (χ1n) is 9.81. The van der Waals surface area contributed by atoms with Crippen LogP contribution in [-0.2, 0) is 19.2 Å². The van der Waals surface area contributed by atoms with Crippen LogP contribution >= 0.6 is 11.6 Å². The molecule has 2 aliphatic rings. The van der Waals surface area contributed by atoms with Crippen LogP contribution in [0.25, 0.3) is 6.08 Å². The van der Waals surface area contributed by atoms with E-state index in [0.29, 0.717) is 24.6 Å². The van der Waals surface area contributed by atoms with E-state index in [0.717, 1.165) is 5.69 Å². The molecule has 0 spiro atoms. The standard InChI is InChI=1S/C21H22ClN3O6/c22-19-7-5-17(31-19)6-8-20(27)24-12-16(26)11-18(24)21(28)23-14-1-3-15(4-2-14)25-9-10-29-13-30-25/h1-8,16,18,26H,9-13H2,(H,23,28)/t16-,18-/m1/s1. The zero-order chi connectivity index (χ0) is 21.8. The number of aliphatic hydroxyl groups excluding tert-OH is 1. The number of rotatable bonds is 5. The predicted molar refractivity (Wildman–Crippen MR) is 113 cm³/mol. The lowest BCUT2D eigenvalue weighted by atomic mass is 10.1. The van der Waals surface area contributed by atoms with Gasteiger partial charge in [0.15, 0.2) is 12.0 Å². The molecule has 2 atom stereocenters. The summed E-state index contributed by atoms with van der Waals surface area (Å²) in [6.45, 7) is 1.47. The van der Waals surface area contributed by atoms with Gasteiger partial charge in [-0.3, -0.25) is 9.59 Å². The van der Waals surface area contributed by atoms with Crippen LogP contribution in [0.2, 0.25) is 5.22 Å². The van der Waals surface area contributed by atoms with Crippen LogP contribution in [0.1, 0.15) is 12.2 Å². The Morgan fingerprint density at radius 1 is 1.19 bits per heavy atom. The molecule has 1 aromatic heterocycles. The predicted octanol–water partition coefficient (Wildman–Crippen LogP) is 2.27. The van der Waals surface area contributed by atoms with Crippen LogP contribution < -0.4 is 10.4 Å². The van der Waals surface area contributed by atoms with E-state index >= 15 is 0 Å². The van der Waals surface area contributed by atoms with Crippen LogP contribution in [0.3, 0.4) is 0 Å². The molecule has 2 aliphatic heterocycles. The number of hydroxylamine groups is 1. The highest BCUT2D eigenvalue weighted by Crippen LogP contribution is 2.23. The minimum Gasteiger partial charge on any atom is -0.445 e. The van der Waals surface area contributed by atoms with Gasteiger partial charge in [-0.2, -0.15) is 0 Å². The molecule has 0 bridgehead atoms. The number of aliphatic hydroxyl groups is 1. The van der Waals surface area contributed by atoms with Gasteiger partial charge in [0.2, 0.25) is 11.8 Å². The number of β-amino-alcohol motifs (C(OH)–C–C–N with tert-alkyl or cyclic N) is 1. The van der Waals surface area contributed by atoms with Crippen LogP contribution in [0.5, 0.6) is 0 Å². The number of likely N-dealkylation sites (tertiary alicyclic amines) is 1. The number of carbonyl (C=O) groups excluding carboxylic acids is 2. The Morgan fingerprint density at radius 3 is 2.68 bits per heavy atom. The first-order chi connectivity index (χ1) is 15.0. The summed E-state index contributed by atoms with van der Waals surface area (Å²) < 4.78 is 10.3. The highest BCUT2D eigenvalue weighted by molar-refractivity contribution is 6.28. The number of furan rings is 1. The van der Waals surface area contributed by atoms with E-state index in [4.69, 9.17) is 25.6 Å². The number of amides is 2. The topological polar surface area (TPSA) is 104 Å². The molecule has 2 N–H and O–H groups in total. The number of hydrogen-bond donors (Lipinski definition) is 2. The van der Waals surface area contributed by atoms with Crippen molar-refractivity contribution >= 4 is 40.9 Å². The van der Waals surface area contributed by atoms with E-state index in [9.17, 15) is 14.7 Å². The molecule has 2 amide bonds. The third-order valence-electron chi connectivity index (χ3n) is 5.00. The van der Waals surface area contributed by atoms with Gasteiger partial charge in [-0.15, -0.1) is 0 Å². The molecule has 2 aromatic rings. The second-order valence-electron chi connectivity index (χ2n) is 7.16. The smallest absolute Gasteiger partial charge is 0.247 e. The van der Waals surface area contributed by atoms with Gasteiger partial charge in [0.05, 0.1) is 24.9 Å². The number of hydrogen-bond acceptors (Lipinski definition) is 7. The van der Waals surface area contributed by atoms with E-state index < -0.39 is 18.1 Å². The van der Waals surface area contributed by atoms with Gasteiger partial charge in [0.1, 0.15) is 11.8 Å². The van der Waals surface area contributed by atoms with E-state index in [-0.39, 0.29) is 30.9 Å². The number of nitrogens with zero attached hydrogens (tertiary/aromatic N) is 2. The fraction of sp³-hybridized carbons (Fsp3) is 0.333. The molecular weight excluding hydrogens is 426 g/mol. The largest absolute Gasteiger partial charge is 0.445 e. The van der Waals surface area contributed by atoms with Gasteiger partial charge in [0, 0.05) is 24.7 Å². The molecule has 31 heavy (non-hydrogen) atoms. The van der Waals surface area contributed by atoms with Crippen molar-refractivity contribution in [3.8, 4) is 0 Å². The molecule has 1 aromatic carbocycles. The molecule has 3 heterocycles. The fourth-order valence-electron chi connectivity index (χ4n) is 3.48. The maximum absolute atomic E-state index is 12.8. The van der Waals surface area contributed by atoms with Gasteiger partial charge in [-0.25, -0.2) is 9.90 Å². The molecular formula is C21H22ClN3O6. The summed E-state index contributed by atoms with van der Waals surface area (Å²) in [6, 6.07) is 9.57. The van der Waals surface area contributed by atoms with Crippen molar-refractivity contribution in [2.45, 2.75) is 18.6 Å². The summed E-state index contributed by atoms with van der Waals surface area (Å²) in [5.74, 6) is -0.345. The number of nitrogens with one attached hydrogen (secondary N) is 1. The van der Waals surface area contributed by atoms with E-state index in [2.05, 4.69) is 5.32 Å². The number of benzene rings is 1. The average molecular weight is 448 g/mol. The lowest BCUT2D eigenvalue weighted by Gasteiger charge is -2.27. The number of halogens is 1.